The summed E-state index contributed by atoms with van der Waals surface area (Å²) in [6.45, 7) is 0.509. The number of halogens is 1. The highest BCUT2D eigenvalue weighted by atomic mass is 19.1. The predicted molar refractivity (Wildman–Crippen MR) is 126 cm³/mol. The van der Waals surface area contributed by atoms with Crippen LogP contribution in [-0.4, -0.2) is 36.7 Å². The van der Waals surface area contributed by atoms with Gasteiger partial charge < -0.3 is 24.7 Å². The summed E-state index contributed by atoms with van der Waals surface area (Å²) in [5.41, 5.74) is 4.50. The molecule has 2 amide bonds. The molecule has 0 radical (unpaired) electrons. The molecular weight excluding hydrogens is 421 g/mol. The molecule has 4 aromatic rings. The summed E-state index contributed by atoms with van der Waals surface area (Å²) < 4.78 is 24.4. The lowest BCUT2D eigenvalue weighted by Crippen LogP contribution is -2.43. The summed E-state index contributed by atoms with van der Waals surface area (Å²) in [6, 6.07) is 19.0. The van der Waals surface area contributed by atoms with Crippen LogP contribution in [0.5, 0.6) is 11.5 Å². The summed E-state index contributed by atoms with van der Waals surface area (Å²) >= 11 is 0. The third-order valence-corrected chi connectivity index (χ3v) is 6.13. The molecule has 1 aliphatic heterocycles. The number of hydrogen-bond donors (Lipinski definition) is 2. The molecule has 1 atom stereocenters. The topological polar surface area (TPSA) is 66.6 Å². The minimum atomic E-state index is -0.390. The van der Waals surface area contributed by atoms with Crippen molar-refractivity contribution in [1.29, 1.82) is 0 Å². The second kappa shape index (κ2) is 8.50. The van der Waals surface area contributed by atoms with Gasteiger partial charge in [-0.2, -0.15) is 0 Å². The Morgan fingerprint density at radius 2 is 1.85 bits per heavy atom. The number of carbonyl (C=O) groups is 1. The third-order valence-electron chi connectivity index (χ3n) is 6.13. The molecule has 2 N–H and O–H groups in total. The van der Waals surface area contributed by atoms with Crippen molar-refractivity contribution in [3.8, 4) is 11.5 Å². The van der Waals surface area contributed by atoms with Gasteiger partial charge in [-0.15, -0.1) is 0 Å². The van der Waals surface area contributed by atoms with Crippen LogP contribution in [-0.2, 0) is 6.42 Å². The van der Waals surface area contributed by atoms with Crippen LogP contribution >= 0.6 is 0 Å². The lowest BCUT2D eigenvalue weighted by Gasteiger charge is -2.36. The van der Waals surface area contributed by atoms with Gasteiger partial charge in [0.2, 0.25) is 0 Å². The number of fused-ring (bicyclic) bond motifs is 3. The van der Waals surface area contributed by atoms with E-state index in [2.05, 4.69) is 16.4 Å². The number of amides is 2. The zero-order valence-corrected chi connectivity index (χ0v) is 18.4. The van der Waals surface area contributed by atoms with Crippen molar-refractivity contribution in [2.24, 2.45) is 0 Å². The van der Waals surface area contributed by atoms with E-state index in [1.165, 1.54) is 17.7 Å². The van der Waals surface area contributed by atoms with Crippen molar-refractivity contribution < 1.29 is 18.7 Å². The highest BCUT2D eigenvalue weighted by Gasteiger charge is 2.35. The predicted octanol–water partition coefficient (Wildman–Crippen LogP) is 5.50. The van der Waals surface area contributed by atoms with Crippen molar-refractivity contribution in [1.82, 2.24) is 9.88 Å². The van der Waals surface area contributed by atoms with E-state index in [9.17, 15) is 9.18 Å². The summed E-state index contributed by atoms with van der Waals surface area (Å²) in [5, 5.41) is 4.12. The van der Waals surface area contributed by atoms with E-state index in [4.69, 9.17) is 9.47 Å². The molecule has 0 fully saturated rings. The Hall–Kier alpha value is -4.00. The number of nitrogens with one attached hydrogen (secondary N) is 2. The van der Waals surface area contributed by atoms with Crippen LogP contribution in [0.4, 0.5) is 14.9 Å². The molecule has 1 aliphatic rings. The Labute approximate surface area is 190 Å². The molecule has 0 saturated heterocycles. The van der Waals surface area contributed by atoms with Gasteiger partial charge in [-0.3, -0.25) is 0 Å². The van der Waals surface area contributed by atoms with Crippen LogP contribution in [0.15, 0.2) is 66.7 Å². The van der Waals surface area contributed by atoms with Gasteiger partial charge >= 0.3 is 6.03 Å². The van der Waals surface area contributed by atoms with Gasteiger partial charge in [0.25, 0.3) is 0 Å². The van der Waals surface area contributed by atoms with Crippen LogP contribution in [0.3, 0.4) is 0 Å². The maximum absolute atomic E-state index is 13.7. The van der Waals surface area contributed by atoms with Crippen LogP contribution in [0.25, 0.3) is 10.9 Å². The third kappa shape index (κ3) is 3.75. The summed E-state index contributed by atoms with van der Waals surface area (Å²) in [4.78, 5) is 18.8. The van der Waals surface area contributed by atoms with Crippen molar-refractivity contribution in [2.45, 2.75) is 12.5 Å². The molecule has 1 aromatic heterocycles. The second-order valence-corrected chi connectivity index (χ2v) is 7.96. The van der Waals surface area contributed by atoms with E-state index < -0.39 is 6.04 Å². The summed E-state index contributed by atoms with van der Waals surface area (Å²) in [5.74, 6) is 0.826. The normalized spacial score (nSPS) is 15.2. The minimum absolute atomic E-state index is 0.278. The highest BCUT2D eigenvalue weighted by Crippen LogP contribution is 2.39. The number of carbonyl (C=O) groups excluding carboxylic acids is 1. The number of aromatic nitrogens is 1. The molecule has 7 heteroatoms. The zero-order valence-electron chi connectivity index (χ0n) is 18.4. The van der Waals surface area contributed by atoms with Gasteiger partial charge in [0.15, 0.2) is 0 Å². The first-order chi connectivity index (χ1) is 16.1. The Balaban J connectivity index is 1.56. The molecule has 168 valence electrons. The SMILES string of the molecule is COc1ccc(OC)c(NC(=O)N2CCc3c([nH]c4ccccc34)C2c2ccc(F)cc2)c1. The second-order valence-electron chi connectivity index (χ2n) is 7.96. The number of ether oxygens (including phenoxy) is 2. The Morgan fingerprint density at radius 1 is 1.06 bits per heavy atom. The number of nitrogens with zero attached hydrogens (tertiary/aromatic N) is 1. The molecule has 0 aliphatic carbocycles. The molecule has 6 nitrogen and oxygen atoms in total. The first kappa shape index (κ1) is 20.9. The number of urea groups is 1. The lowest BCUT2D eigenvalue weighted by atomic mass is 9.92. The maximum atomic E-state index is 13.7. The van der Waals surface area contributed by atoms with Gasteiger partial charge in [0.05, 0.1) is 25.9 Å². The van der Waals surface area contributed by atoms with Crippen LogP contribution in [0.1, 0.15) is 22.9 Å². The number of hydrogen-bond acceptors (Lipinski definition) is 3. The van der Waals surface area contributed by atoms with Gasteiger partial charge in [-0.1, -0.05) is 30.3 Å². The van der Waals surface area contributed by atoms with E-state index >= 15 is 0 Å². The number of para-hydroxylation sites is 1. The molecule has 0 spiro atoms. The number of aromatic amines is 1. The Bertz CT molecular complexity index is 1320. The zero-order chi connectivity index (χ0) is 22.9. The smallest absolute Gasteiger partial charge is 0.322 e. The Kier molecular flexibility index (Phi) is 5.38. The lowest BCUT2D eigenvalue weighted by molar-refractivity contribution is 0.193. The molecule has 5 rings (SSSR count). The number of anilines is 1. The standard InChI is InChI=1S/C26H24FN3O3/c1-32-18-11-12-23(33-2)22(15-18)29-26(31)30-14-13-20-19-5-3-4-6-21(19)28-24(20)25(30)16-7-9-17(27)10-8-16/h3-12,15,25,28H,13-14H2,1-2H3,(H,29,31). The summed E-state index contributed by atoms with van der Waals surface area (Å²) in [6.07, 6.45) is 0.708. The highest BCUT2D eigenvalue weighted by molar-refractivity contribution is 5.93. The van der Waals surface area contributed by atoms with E-state index in [1.807, 2.05) is 18.2 Å². The molecular formula is C26H24FN3O3. The Morgan fingerprint density at radius 3 is 2.61 bits per heavy atom. The largest absolute Gasteiger partial charge is 0.497 e. The number of H-pyrrole nitrogens is 1. The van der Waals surface area contributed by atoms with E-state index in [0.29, 0.717) is 30.2 Å². The van der Waals surface area contributed by atoms with E-state index in [0.717, 1.165) is 22.2 Å². The van der Waals surface area contributed by atoms with Gasteiger partial charge in [-0.25, -0.2) is 9.18 Å². The van der Waals surface area contributed by atoms with Crippen LogP contribution in [0.2, 0.25) is 0 Å². The van der Waals surface area contributed by atoms with E-state index in [1.54, 1.807) is 49.5 Å². The number of benzene rings is 3. The molecule has 2 heterocycles. The van der Waals surface area contributed by atoms with Crippen molar-refractivity contribution >= 4 is 22.6 Å². The van der Waals surface area contributed by atoms with Gasteiger partial charge in [0, 0.05) is 29.2 Å². The van der Waals surface area contributed by atoms with Crippen molar-refractivity contribution in [3.05, 3.63) is 89.4 Å². The number of methoxy groups -OCH3 is 2. The van der Waals surface area contributed by atoms with Crippen LogP contribution in [0, 0.1) is 5.82 Å². The van der Waals surface area contributed by atoms with Gasteiger partial charge in [-0.05, 0) is 47.9 Å². The fraction of sp³-hybridized carbons (Fsp3) is 0.192. The first-order valence-electron chi connectivity index (χ1n) is 10.7. The van der Waals surface area contributed by atoms with Crippen molar-refractivity contribution in [3.63, 3.8) is 0 Å². The average Bonchev–Trinajstić information content (AvgIpc) is 3.22. The minimum Gasteiger partial charge on any atom is -0.497 e. The quantitative estimate of drug-likeness (QED) is 0.436. The molecule has 0 saturated carbocycles. The molecule has 33 heavy (non-hydrogen) atoms. The number of rotatable bonds is 4. The monoisotopic (exact) mass is 445 g/mol. The average molecular weight is 445 g/mol. The molecule has 0 bridgehead atoms. The fourth-order valence-corrected chi connectivity index (χ4v) is 4.55. The fourth-order valence-electron chi connectivity index (χ4n) is 4.55. The molecule has 3 aromatic carbocycles. The summed E-state index contributed by atoms with van der Waals surface area (Å²) in [7, 11) is 3.12. The van der Waals surface area contributed by atoms with E-state index in [-0.39, 0.29) is 11.8 Å². The maximum Gasteiger partial charge on any atom is 0.322 e. The molecule has 1 unspecified atom stereocenters. The van der Waals surface area contributed by atoms with Crippen molar-refractivity contribution in [2.75, 3.05) is 26.1 Å². The first-order valence-corrected chi connectivity index (χ1v) is 10.7. The van der Waals surface area contributed by atoms with Gasteiger partial charge in [0.1, 0.15) is 17.3 Å². The van der Waals surface area contributed by atoms with Crippen LogP contribution < -0.4 is 14.8 Å².